The molecular formula is C11H12ClNO2S. The zero-order valence-corrected chi connectivity index (χ0v) is 10.1. The topological polar surface area (TPSA) is 49.3 Å². The minimum atomic E-state index is -0.765. The molecule has 0 radical (unpaired) electrons. The van der Waals surface area contributed by atoms with Crippen molar-refractivity contribution in [1.29, 1.82) is 0 Å². The largest absolute Gasteiger partial charge is 0.480 e. The third-order valence-electron chi connectivity index (χ3n) is 2.50. The summed E-state index contributed by atoms with van der Waals surface area (Å²) in [6, 6.07) is 7.22. The minimum Gasteiger partial charge on any atom is -0.480 e. The van der Waals surface area contributed by atoms with Crippen LogP contribution in [0.25, 0.3) is 0 Å². The van der Waals surface area contributed by atoms with E-state index >= 15 is 0 Å². The van der Waals surface area contributed by atoms with Crippen molar-refractivity contribution in [3.63, 3.8) is 0 Å². The van der Waals surface area contributed by atoms with E-state index in [1.807, 2.05) is 24.3 Å². The Labute approximate surface area is 103 Å². The molecule has 1 fully saturated rings. The van der Waals surface area contributed by atoms with E-state index in [0.29, 0.717) is 11.7 Å². The van der Waals surface area contributed by atoms with Crippen LogP contribution < -0.4 is 5.32 Å². The molecule has 0 aliphatic carbocycles. The normalized spacial score (nSPS) is 24.6. The lowest BCUT2D eigenvalue weighted by Crippen LogP contribution is -2.29. The summed E-state index contributed by atoms with van der Waals surface area (Å²) in [4.78, 5) is 11.9. The fraction of sp³-hybridized carbons (Fsp3) is 0.364. The Morgan fingerprint density at radius 1 is 1.44 bits per heavy atom. The summed E-state index contributed by atoms with van der Waals surface area (Å²) in [6.45, 7) is 0.740. The first-order valence-electron chi connectivity index (χ1n) is 5.03. The number of thioether (sulfide) groups is 1. The quantitative estimate of drug-likeness (QED) is 0.872. The summed E-state index contributed by atoms with van der Waals surface area (Å²) in [5.74, 6) is -0.765. The number of carboxylic acids is 1. The molecule has 1 heterocycles. The van der Waals surface area contributed by atoms with Gasteiger partial charge in [-0.2, -0.15) is 0 Å². The average Bonchev–Trinajstić information content (AvgIpc) is 2.70. The number of rotatable bonds is 3. The molecule has 2 N–H and O–H groups in total. The highest BCUT2D eigenvalue weighted by molar-refractivity contribution is 8.00. The molecule has 0 aromatic heterocycles. The highest BCUT2D eigenvalue weighted by atomic mass is 35.5. The summed E-state index contributed by atoms with van der Waals surface area (Å²) in [6.07, 6.45) is 0.669. The number of aliphatic carboxylic acids is 1. The molecular weight excluding hydrogens is 246 g/mol. The van der Waals surface area contributed by atoms with Crippen LogP contribution in [0.5, 0.6) is 0 Å². The molecule has 86 valence electrons. The maximum absolute atomic E-state index is 10.8. The van der Waals surface area contributed by atoms with Crippen LogP contribution in [0.4, 0.5) is 0 Å². The van der Waals surface area contributed by atoms with Crippen LogP contribution in [0.1, 0.15) is 6.42 Å². The van der Waals surface area contributed by atoms with Gasteiger partial charge in [0.25, 0.3) is 0 Å². The Kier molecular flexibility index (Phi) is 3.74. The molecule has 0 bridgehead atoms. The zero-order valence-electron chi connectivity index (χ0n) is 8.52. The SMILES string of the molecule is O=C(O)[C@H]1CC(Sc2ccc(Cl)cc2)CN1. The van der Waals surface area contributed by atoms with Gasteiger partial charge in [-0.1, -0.05) is 11.6 Å². The molecule has 1 aliphatic heterocycles. The van der Waals surface area contributed by atoms with Crippen molar-refractivity contribution in [2.45, 2.75) is 22.6 Å². The molecule has 5 heteroatoms. The van der Waals surface area contributed by atoms with Crippen LogP contribution in [-0.4, -0.2) is 28.9 Å². The summed E-state index contributed by atoms with van der Waals surface area (Å²) in [7, 11) is 0. The third kappa shape index (κ3) is 2.90. The first-order chi connectivity index (χ1) is 7.65. The Balaban J connectivity index is 1.92. The van der Waals surface area contributed by atoms with Gasteiger partial charge < -0.3 is 10.4 Å². The van der Waals surface area contributed by atoms with Crippen LogP contribution in [0.15, 0.2) is 29.2 Å². The van der Waals surface area contributed by atoms with Crippen molar-refractivity contribution >= 4 is 29.3 Å². The van der Waals surface area contributed by atoms with Crippen LogP contribution in [0.2, 0.25) is 5.02 Å². The molecule has 1 aliphatic rings. The number of nitrogens with one attached hydrogen (secondary N) is 1. The maximum atomic E-state index is 10.8. The predicted molar refractivity (Wildman–Crippen MR) is 65.1 cm³/mol. The average molecular weight is 258 g/mol. The van der Waals surface area contributed by atoms with Crippen molar-refractivity contribution in [2.24, 2.45) is 0 Å². The van der Waals surface area contributed by atoms with Crippen LogP contribution in [0.3, 0.4) is 0 Å². The number of halogens is 1. The summed E-state index contributed by atoms with van der Waals surface area (Å²) < 4.78 is 0. The van der Waals surface area contributed by atoms with Crippen LogP contribution >= 0.6 is 23.4 Å². The predicted octanol–water partition coefficient (Wildman–Crippen LogP) is 2.25. The van der Waals surface area contributed by atoms with E-state index in [9.17, 15) is 4.79 Å². The van der Waals surface area contributed by atoms with E-state index in [0.717, 1.165) is 16.5 Å². The highest BCUT2D eigenvalue weighted by Gasteiger charge is 2.29. The van der Waals surface area contributed by atoms with Crippen molar-refractivity contribution < 1.29 is 9.90 Å². The molecule has 1 saturated heterocycles. The Morgan fingerprint density at radius 3 is 2.69 bits per heavy atom. The van der Waals surface area contributed by atoms with Crippen LogP contribution in [0, 0.1) is 0 Å². The molecule has 16 heavy (non-hydrogen) atoms. The first kappa shape index (κ1) is 11.8. The molecule has 1 aromatic carbocycles. The summed E-state index contributed by atoms with van der Waals surface area (Å²) in [5.41, 5.74) is 0. The molecule has 3 nitrogen and oxygen atoms in total. The molecule has 2 atom stereocenters. The van der Waals surface area contributed by atoms with E-state index in [4.69, 9.17) is 16.7 Å². The van der Waals surface area contributed by atoms with E-state index in [-0.39, 0.29) is 0 Å². The molecule has 0 spiro atoms. The lowest BCUT2D eigenvalue weighted by atomic mass is 10.2. The molecule has 0 amide bonds. The number of hydrogen-bond donors (Lipinski definition) is 2. The zero-order chi connectivity index (χ0) is 11.5. The van der Waals surface area contributed by atoms with Gasteiger partial charge in [0, 0.05) is 21.7 Å². The second kappa shape index (κ2) is 5.08. The molecule has 2 rings (SSSR count). The van der Waals surface area contributed by atoms with Crippen molar-refractivity contribution in [3.8, 4) is 0 Å². The van der Waals surface area contributed by atoms with Gasteiger partial charge >= 0.3 is 5.97 Å². The number of hydrogen-bond acceptors (Lipinski definition) is 3. The highest BCUT2D eigenvalue weighted by Crippen LogP contribution is 2.29. The van der Waals surface area contributed by atoms with Crippen molar-refractivity contribution in [3.05, 3.63) is 29.3 Å². The Morgan fingerprint density at radius 2 is 2.12 bits per heavy atom. The van der Waals surface area contributed by atoms with Gasteiger partial charge in [0.1, 0.15) is 6.04 Å². The minimum absolute atomic E-state index is 0.322. The van der Waals surface area contributed by atoms with Gasteiger partial charge in [0.2, 0.25) is 0 Å². The third-order valence-corrected chi connectivity index (χ3v) is 3.99. The monoisotopic (exact) mass is 257 g/mol. The van der Waals surface area contributed by atoms with Gasteiger partial charge in [-0.05, 0) is 30.7 Å². The first-order valence-corrected chi connectivity index (χ1v) is 6.29. The smallest absolute Gasteiger partial charge is 0.320 e. The summed E-state index contributed by atoms with van der Waals surface area (Å²) >= 11 is 7.49. The van der Waals surface area contributed by atoms with Crippen molar-refractivity contribution in [2.75, 3.05) is 6.54 Å². The molecule has 1 aromatic rings. The van der Waals surface area contributed by atoms with Crippen LogP contribution in [-0.2, 0) is 4.79 Å². The van der Waals surface area contributed by atoms with E-state index in [2.05, 4.69) is 5.32 Å². The number of carbonyl (C=O) groups is 1. The lowest BCUT2D eigenvalue weighted by Gasteiger charge is -2.07. The summed E-state index contributed by atoms with van der Waals surface area (Å²) in [5, 5.41) is 12.9. The molecule has 1 unspecified atom stereocenters. The number of benzene rings is 1. The Hall–Kier alpha value is -0.710. The van der Waals surface area contributed by atoms with Gasteiger partial charge in [-0.15, -0.1) is 11.8 Å². The van der Waals surface area contributed by atoms with Gasteiger partial charge in [-0.25, -0.2) is 0 Å². The Bertz CT molecular complexity index is 382. The second-order valence-corrected chi connectivity index (χ2v) is 5.54. The fourth-order valence-corrected chi connectivity index (χ4v) is 2.96. The van der Waals surface area contributed by atoms with Crippen molar-refractivity contribution in [1.82, 2.24) is 5.32 Å². The maximum Gasteiger partial charge on any atom is 0.320 e. The van der Waals surface area contributed by atoms with E-state index in [1.54, 1.807) is 11.8 Å². The van der Waals surface area contributed by atoms with Gasteiger partial charge in [0.05, 0.1) is 0 Å². The van der Waals surface area contributed by atoms with Gasteiger partial charge in [-0.3, -0.25) is 4.79 Å². The fourth-order valence-electron chi connectivity index (χ4n) is 1.69. The van der Waals surface area contributed by atoms with Gasteiger partial charge in [0.15, 0.2) is 0 Å². The second-order valence-electron chi connectivity index (χ2n) is 3.73. The molecule has 0 saturated carbocycles. The van der Waals surface area contributed by atoms with E-state index in [1.165, 1.54) is 0 Å². The lowest BCUT2D eigenvalue weighted by molar-refractivity contribution is -0.139. The standard InChI is InChI=1S/C11H12ClNO2S/c12-7-1-3-8(4-2-7)16-9-5-10(11(14)15)13-6-9/h1-4,9-10,13H,5-6H2,(H,14,15)/t9?,10-/m1/s1. The van der Waals surface area contributed by atoms with E-state index < -0.39 is 12.0 Å². The number of carboxylic acid groups (broad SMARTS) is 1.